The molecule has 3 amide bonds. The van der Waals surface area contributed by atoms with Crippen molar-refractivity contribution in [3.05, 3.63) is 57.9 Å². The summed E-state index contributed by atoms with van der Waals surface area (Å²) in [5.74, 6) is 0.245. The zero-order valence-electron chi connectivity index (χ0n) is 15.4. The Morgan fingerprint density at radius 2 is 2.17 bits per heavy atom. The molecule has 1 aromatic carbocycles. The van der Waals surface area contributed by atoms with Crippen LogP contribution in [0.4, 0.5) is 15.6 Å². The molecule has 0 fully saturated rings. The standard InChI is InChI=1S/C19H17ClN4O4S/c1-27-15-3-2-12(20)8-14(15)22-19(26)24-6-4-13-16(9-24)29-18(21-13)23-17(25)11-5-7-28-10-11/h2-3,5,7-8,10H,4,6,9H2,1H3,(H,22,26)(H,21,23,25). The van der Waals surface area contributed by atoms with Crippen LogP contribution >= 0.6 is 22.9 Å². The van der Waals surface area contributed by atoms with Gasteiger partial charge in [0.2, 0.25) is 0 Å². The van der Waals surface area contributed by atoms with Gasteiger partial charge in [-0.1, -0.05) is 22.9 Å². The van der Waals surface area contributed by atoms with Crippen molar-refractivity contribution in [1.29, 1.82) is 0 Å². The summed E-state index contributed by atoms with van der Waals surface area (Å²) in [6.45, 7) is 0.920. The minimum atomic E-state index is -0.285. The number of amides is 3. The average molecular weight is 433 g/mol. The lowest BCUT2D eigenvalue weighted by molar-refractivity contribution is 0.102. The molecule has 8 nitrogen and oxygen atoms in total. The lowest BCUT2D eigenvalue weighted by Gasteiger charge is -2.26. The highest BCUT2D eigenvalue weighted by Crippen LogP contribution is 2.31. The van der Waals surface area contributed by atoms with E-state index in [1.165, 1.54) is 31.0 Å². The first kappa shape index (κ1) is 19.3. The molecule has 0 radical (unpaired) electrons. The molecule has 1 aliphatic heterocycles. The molecule has 0 saturated heterocycles. The van der Waals surface area contributed by atoms with Crippen molar-refractivity contribution in [3.8, 4) is 5.75 Å². The first-order valence-corrected chi connectivity index (χ1v) is 9.94. The Morgan fingerprint density at radius 1 is 1.31 bits per heavy atom. The quantitative estimate of drug-likeness (QED) is 0.642. The first-order valence-electron chi connectivity index (χ1n) is 8.75. The molecule has 4 rings (SSSR count). The molecule has 3 aromatic rings. The van der Waals surface area contributed by atoms with Gasteiger partial charge in [-0.25, -0.2) is 9.78 Å². The summed E-state index contributed by atoms with van der Waals surface area (Å²) in [6, 6.07) is 6.36. The molecule has 2 N–H and O–H groups in total. The van der Waals surface area contributed by atoms with Crippen molar-refractivity contribution in [2.24, 2.45) is 0 Å². The lowest BCUT2D eigenvalue weighted by Crippen LogP contribution is -2.38. The predicted molar refractivity (Wildman–Crippen MR) is 110 cm³/mol. The highest BCUT2D eigenvalue weighted by Gasteiger charge is 2.25. The van der Waals surface area contributed by atoms with Gasteiger partial charge < -0.3 is 19.4 Å². The second-order valence-corrected chi connectivity index (χ2v) is 7.82. The number of hydrogen-bond donors (Lipinski definition) is 2. The Bertz CT molecular complexity index is 1050. The number of benzene rings is 1. The minimum absolute atomic E-state index is 0.256. The summed E-state index contributed by atoms with van der Waals surface area (Å²) in [7, 11) is 1.53. The van der Waals surface area contributed by atoms with E-state index >= 15 is 0 Å². The first-order chi connectivity index (χ1) is 14.0. The number of urea groups is 1. The van der Waals surface area contributed by atoms with Crippen LogP contribution < -0.4 is 15.4 Å². The van der Waals surface area contributed by atoms with Crippen LogP contribution in [0.15, 0.2) is 41.2 Å². The van der Waals surface area contributed by atoms with Gasteiger partial charge in [-0.3, -0.25) is 10.1 Å². The molecule has 0 saturated carbocycles. The van der Waals surface area contributed by atoms with Gasteiger partial charge >= 0.3 is 6.03 Å². The number of carbonyl (C=O) groups excluding carboxylic acids is 2. The van der Waals surface area contributed by atoms with Crippen molar-refractivity contribution in [1.82, 2.24) is 9.88 Å². The third-order valence-electron chi connectivity index (χ3n) is 4.43. The molecule has 1 aliphatic rings. The summed E-state index contributed by atoms with van der Waals surface area (Å²) in [5.41, 5.74) is 1.82. The summed E-state index contributed by atoms with van der Waals surface area (Å²) in [6.07, 6.45) is 3.42. The summed E-state index contributed by atoms with van der Waals surface area (Å²) in [4.78, 5) is 32.0. The van der Waals surface area contributed by atoms with Crippen molar-refractivity contribution in [2.45, 2.75) is 13.0 Å². The monoisotopic (exact) mass is 432 g/mol. The summed E-state index contributed by atoms with van der Waals surface area (Å²) < 4.78 is 10.2. The van der Waals surface area contributed by atoms with Gasteiger partial charge in [0.25, 0.3) is 5.91 Å². The van der Waals surface area contributed by atoms with E-state index in [0.717, 1.165) is 10.6 Å². The number of methoxy groups -OCH3 is 1. The smallest absolute Gasteiger partial charge is 0.322 e. The number of nitrogens with zero attached hydrogens (tertiary/aromatic N) is 2. The molecule has 29 heavy (non-hydrogen) atoms. The number of fused-ring (bicyclic) bond motifs is 1. The van der Waals surface area contributed by atoms with Gasteiger partial charge in [0, 0.05) is 22.9 Å². The topological polar surface area (TPSA) is 96.7 Å². The Balaban J connectivity index is 1.43. The Labute approximate surface area is 175 Å². The number of thiazole rings is 1. The molecule has 10 heteroatoms. The zero-order valence-corrected chi connectivity index (χ0v) is 17.0. The molecule has 3 heterocycles. The number of halogens is 1. The van der Waals surface area contributed by atoms with E-state index in [2.05, 4.69) is 15.6 Å². The van der Waals surface area contributed by atoms with Crippen LogP contribution in [-0.2, 0) is 13.0 Å². The van der Waals surface area contributed by atoms with Gasteiger partial charge in [-0.15, -0.1) is 0 Å². The van der Waals surface area contributed by atoms with Crippen molar-refractivity contribution >= 4 is 45.7 Å². The average Bonchev–Trinajstić information content (AvgIpc) is 3.37. The van der Waals surface area contributed by atoms with E-state index in [0.29, 0.717) is 46.7 Å². The molecule has 0 unspecified atom stereocenters. The molecule has 2 aromatic heterocycles. The molecular formula is C19H17ClN4O4S. The second-order valence-electron chi connectivity index (χ2n) is 6.30. The fourth-order valence-electron chi connectivity index (χ4n) is 2.96. The van der Waals surface area contributed by atoms with Crippen LogP contribution in [0, 0.1) is 0 Å². The van der Waals surface area contributed by atoms with Gasteiger partial charge in [-0.2, -0.15) is 0 Å². The molecular weight excluding hydrogens is 416 g/mol. The number of anilines is 2. The van der Waals surface area contributed by atoms with E-state index in [1.54, 1.807) is 29.2 Å². The van der Waals surface area contributed by atoms with Gasteiger partial charge in [-0.05, 0) is 24.3 Å². The molecule has 0 bridgehead atoms. The second kappa shape index (κ2) is 8.14. The van der Waals surface area contributed by atoms with Crippen molar-refractivity contribution < 1.29 is 18.7 Å². The van der Waals surface area contributed by atoms with E-state index in [9.17, 15) is 9.59 Å². The maximum Gasteiger partial charge on any atom is 0.322 e. The minimum Gasteiger partial charge on any atom is -0.495 e. The summed E-state index contributed by atoms with van der Waals surface area (Å²) >= 11 is 7.38. The third kappa shape index (κ3) is 4.20. The van der Waals surface area contributed by atoms with Crippen LogP contribution in [0.25, 0.3) is 0 Å². The van der Waals surface area contributed by atoms with Crippen LogP contribution in [0.3, 0.4) is 0 Å². The highest BCUT2D eigenvalue weighted by molar-refractivity contribution is 7.15. The van der Waals surface area contributed by atoms with Gasteiger partial charge in [0.1, 0.15) is 12.0 Å². The maximum absolute atomic E-state index is 12.7. The molecule has 150 valence electrons. The van der Waals surface area contributed by atoms with Crippen LogP contribution in [-0.4, -0.2) is 35.5 Å². The highest BCUT2D eigenvalue weighted by atomic mass is 35.5. The number of hydrogen-bond acceptors (Lipinski definition) is 6. The largest absolute Gasteiger partial charge is 0.495 e. The third-order valence-corrected chi connectivity index (χ3v) is 5.66. The van der Waals surface area contributed by atoms with Crippen molar-refractivity contribution in [3.63, 3.8) is 0 Å². The molecule has 0 spiro atoms. The van der Waals surface area contributed by atoms with E-state index in [4.69, 9.17) is 20.8 Å². The number of furan rings is 1. The van der Waals surface area contributed by atoms with E-state index in [1.807, 2.05) is 0 Å². The van der Waals surface area contributed by atoms with Gasteiger partial charge in [0.05, 0.1) is 36.9 Å². The van der Waals surface area contributed by atoms with E-state index < -0.39 is 0 Å². The Morgan fingerprint density at radius 3 is 2.93 bits per heavy atom. The van der Waals surface area contributed by atoms with Crippen LogP contribution in [0.2, 0.25) is 5.02 Å². The fraction of sp³-hybridized carbons (Fsp3) is 0.211. The lowest BCUT2D eigenvalue weighted by atomic mass is 10.2. The number of ether oxygens (including phenoxy) is 1. The Kier molecular flexibility index (Phi) is 5.41. The predicted octanol–water partition coefficient (Wildman–Crippen LogP) is 4.24. The normalized spacial score (nSPS) is 13.0. The van der Waals surface area contributed by atoms with Crippen LogP contribution in [0.5, 0.6) is 5.75 Å². The fourth-order valence-corrected chi connectivity index (χ4v) is 4.15. The number of aromatic nitrogens is 1. The van der Waals surface area contributed by atoms with Gasteiger partial charge in [0.15, 0.2) is 5.13 Å². The maximum atomic E-state index is 12.7. The van der Waals surface area contributed by atoms with E-state index in [-0.39, 0.29) is 11.9 Å². The number of nitrogens with one attached hydrogen (secondary N) is 2. The number of carbonyl (C=O) groups is 2. The Hall–Kier alpha value is -3.04. The number of rotatable bonds is 4. The SMILES string of the molecule is COc1ccc(Cl)cc1NC(=O)N1CCc2nc(NC(=O)c3ccoc3)sc2C1. The zero-order chi connectivity index (χ0) is 20.4. The van der Waals surface area contributed by atoms with Crippen molar-refractivity contribution in [2.75, 3.05) is 24.3 Å². The molecule has 0 aliphatic carbocycles. The molecule has 0 atom stereocenters. The van der Waals surface area contributed by atoms with Crippen LogP contribution in [0.1, 0.15) is 20.9 Å². The summed E-state index contributed by atoms with van der Waals surface area (Å²) in [5, 5.41) is 6.61.